The van der Waals surface area contributed by atoms with Crippen molar-refractivity contribution in [2.24, 2.45) is 46.3 Å². The van der Waals surface area contributed by atoms with E-state index in [9.17, 15) is 14.4 Å². The van der Waals surface area contributed by atoms with Gasteiger partial charge in [-0.3, -0.25) is 4.52 Å². The monoisotopic (exact) mass is 466 g/mol. The lowest BCUT2D eigenvalue weighted by Gasteiger charge is -2.58. The van der Waals surface area contributed by atoms with Crippen LogP contribution in [-0.4, -0.2) is 15.9 Å². The smallest absolute Gasteiger partial charge is 0.303 e. The van der Waals surface area contributed by atoms with Gasteiger partial charge in [-0.1, -0.05) is 65.5 Å². The molecule has 8 unspecified atom stereocenters. The highest BCUT2D eigenvalue weighted by Gasteiger charge is 2.59. The maximum Gasteiger partial charge on any atom is 0.469 e. The summed E-state index contributed by atoms with van der Waals surface area (Å²) in [5.41, 5.74) is 2.12. The van der Waals surface area contributed by atoms with Crippen molar-refractivity contribution in [2.75, 3.05) is 0 Å². The van der Waals surface area contributed by atoms with E-state index in [-0.39, 0.29) is 11.5 Å². The zero-order valence-corrected chi connectivity index (χ0v) is 21.9. The molecule has 0 saturated heterocycles. The van der Waals surface area contributed by atoms with E-state index in [0.717, 1.165) is 54.8 Å². The lowest BCUT2D eigenvalue weighted by molar-refractivity contribution is -0.0570. The summed E-state index contributed by atoms with van der Waals surface area (Å²) < 4.78 is 16.5. The SMILES string of the molecule is CC(C)CCCC(C)C1CCC2C3CC=C4CC(OP(=O)(O)O)CCC4(C)C3CCC12C. The second-order valence-corrected chi connectivity index (χ2v) is 13.9. The number of hydrogen-bond acceptors (Lipinski definition) is 2. The summed E-state index contributed by atoms with van der Waals surface area (Å²) in [7, 11) is -4.41. The zero-order chi connectivity index (χ0) is 23.3. The van der Waals surface area contributed by atoms with Crippen LogP contribution in [0.15, 0.2) is 11.6 Å². The number of fused-ring (bicyclic) bond motifs is 5. The summed E-state index contributed by atoms with van der Waals surface area (Å²) in [6.45, 7) is 12.3. The first-order valence-electron chi connectivity index (χ1n) is 13.4. The molecule has 184 valence electrons. The molecule has 0 aromatic rings. The lowest BCUT2D eigenvalue weighted by atomic mass is 9.47. The second kappa shape index (κ2) is 9.14. The van der Waals surface area contributed by atoms with Gasteiger partial charge in [-0.2, -0.15) is 0 Å². The number of phosphoric ester groups is 1. The molecule has 4 nitrogen and oxygen atoms in total. The van der Waals surface area contributed by atoms with Crippen LogP contribution < -0.4 is 0 Å². The summed E-state index contributed by atoms with van der Waals surface area (Å²) in [5, 5.41) is 0. The second-order valence-electron chi connectivity index (χ2n) is 12.8. The topological polar surface area (TPSA) is 66.8 Å². The van der Waals surface area contributed by atoms with Crippen molar-refractivity contribution >= 4 is 7.82 Å². The van der Waals surface area contributed by atoms with Crippen LogP contribution in [0.25, 0.3) is 0 Å². The van der Waals surface area contributed by atoms with E-state index in [0.29, 0.717) is 11.8 Å². The Kier molecular flexibility index (Phi) is 7.13. The summed E-state index contributed by atoms with van der Waals surface area (Å²) in [6.07, 6.45) is 15.4. The van der Waals surface area contributed by atoms with Crippen LogP contribution >= 0.6 is 7.82 Å². The van der Waals surface area contributed by atoms with Gasteiger partial charge >= 0.3 is 7.82 Å². The molecule has 5 heteroatoms. The molecular weight excluding hydrogens is 419 g/mol. The summed E-state index contributed by atoms with van der Waals surface area (Å²) >= 11 is 0. The highest BCUT2D eigenvalue weighted by atomic mass is 31.2. The summed E-state index contributed by atoms with van der Waals surface area (Å²) in [6, 6.07) is 0. The first-order chi connectivity index (χ1) is 14.9. The minimum atomic E-state index is -4.41. The van der Waals surface area contributed by atoms with Crippen LogP contribution in [0.1, 0.15) is 105 Å². The van der Waals surface area contributed by atoms with Crippen molar-refractivity contribution in [3.05, 3.63) is 11.6 Å². The van der Waals surface area contributed by atoms with Crippen LogP contribution in [-0.2, 0) is 9.09 Å². The molecule has 2 N–H and O–H groups in total. The van der Waals surface area contributed by atoms with Gasteiger partial charge in [0.25, 0.3) is 0 Å². The van der Waals surface area contributed by atoms with Gasteiger partial charge in [0.2, 0.25) is 0 Å². The van der Waals surface area contributed by atoms with Gasteiger partial charge in [-0.05, 0) is 97.7 Å². The maximum absolute atomic E-state index is 11.4. The summed E-state index contributed by atoms with van der Waals surface area (Å²) in [4.78, 5) is 18.5. The van der Waals surface area contributed by atoms with Crippen LogP contribution in [0.5, 0.6) is 0 Å². The molecule has 0 radical (unpaired) electrons. The molecule has 0 spiro atoms. The van der Waals surface area contributed by atoms with Crippen LogP contribution in [0.2, 0.25) is 0 Å². The van der Waals surface area contributed by atoms with Gasteiger partial charge in [0.15, 0.2) is 0 Å². The fraction of sp³-hybridized carbons (Fsp3) is 0.926. The van der Waals surface area contributed by atoms with E-state index >= 15 is 0 Å². The molecule has 0 aromatic heterocycles. The molecule has 4 aliphatic carbocycles. The number of phosphoric acid groups is 1. The van der Waals surface area contributed by atoms with Crippen LogP contribution in [0, 0.1) is 46.3 Å². The third-order valence-corrected chi connectivity index (χ3v) is 11.1. The zero-order valence-electron chi connectivity index (χ0n) is 21.1. The summed E-state index contributed by atoms with van der Waals surface area (Å²) in [5.74, 6) is 4.89. The van der Waals surface area contributed by atoms with Crippen LogP contribution in [0.4, 0.5) is 0 Å². The first kappa shape index (κ1) is 25.0. The Morgan fingerprint density at radius 3 is 2.50 bits per heavy atom. The van der Waals surface area contributed by atoms with Gasteiger partial charge in [-0.15, -0.1) is 0 Å². The van der Waals surface area contributed by atoms with Crippen molar-refractivity contribution in [1.29, 1.82) is 0 Å². The number of allylic oxidation sites excluding steroid dienone is 1. The predicted octanol–water partition coefficient (Wildman–Crippen LogP) is 7.51. The Labute approximate surface area is 196 Å². The third-order valence-electron chi connectivity index (χ3n) is 10.5. The van der Waals surface area contributed by atoms with Crippen molar-refractivity contribution in [2.45, 2.75) is 111 Å². The molecule has 8 atom stereocenters. The lowest BCUT2D eigenvalue weighted by Crippen LogP contribution is -2.50. The van der Waals surface area contributed by atoms with E-state index < -0.39 is 7.82 Å². The van der Waals surface area contributed by atoms with Crippen molar-refractivity contribution in [1.82, 2.24) is 0 Å². The molecule has 0 bridgehead atoms. The Morgan fingerprint density at radius 1 is 1.06 bits per heavy atom. The molecule has 0 aliphatic heterocycles. The minimum absolute atomic E-state index is 0.194. The van der Waals surface area contributed by atoms with Crippen LogP contribution in [0.3, 0.4) is 0 Å². The Balaban J connectivity index is 1.46. The fourth-order valence-electron chi connectivity index (χ4n) is 8.94. The van der Waals surface area contributed by atoms with Gasteiger partial charge in [0.05, 0.1) is 6.10 Å². The normalized spacial score (nSPS) is 42.8. The van der Waals surface area contributed by atoms with E-state index in [1.54, 1.807) is 0 Å². The van der Waals surface area contributed by atoms with Crippen molar-refractivity contribution in [3.8, 4) is 0 Å². The number of rotatable bonds is 7. The van der Waals surface area contributed by atoms with Crippen molar-refractivity contribution in [3.63, 3.8) is 0 Å². The van der Waals surface area contributed by atoms with E-state index in [4.69, 9.17) is 4.52 Å². The highest BCUT2D eigenvalue weighted by molar-refractivity contribution is 7.46. The third kappa shape index (κ3) is 4.68. The molecule has 32 heavy (non-hydrogen) atoms. The Morgan fingerprint density at radius 2 is 1.81 bits per heavy atom. The molecule has 3 saturated carbocycles. The maximum atomic E-state index is 11.4. The van der Waals surface area contributed by atoms with Crippen molar-refractivity contribution < 1.29 is 18.9 Å². The van der Waals surface area contributed by atoms with E-state index in [1.165, 1.54) is 50.5 Å². The molecule has 0 aromatic carbocycles. The minimum Gasteiger partial charge on any atom is -0.303 e. The van der Waals surface area contributed by atoms with Gasteiger partial charge in [-0.25, -0.2) is 4.57 Å². The molecule has 3 fully saturated rings. The largest absolute Gasteiger partial charge is 0.469 e. The standard InChI is InChI=1S/C27H47O4P/c1-18(2)7-6-8-19(3)23-11-12-24-22-10-9-20-17-21(31-32(28,29)30)13-15-26(20,4)25(22)14-16-27(23,24)5/h9,18-19,21-25H,6-8,10-17H2,1-5H3,(H2,28,29,30). The number of hydrogen-bond donors (Lipinski definition) is 2. The first-order valence-corrected chi connectivity index (χ1v) is 14.9. The van der Waals surface area contributed by atoms with Gasteiger partial charge < -0.3 is 9.79 Å². The predicted molar refractivity (Wildman–Crippen MR) is 130 cm³/mol. The molecule has 4 rings (SSSR count). The van der Waals surface area contributed by atoms with Gasteiger partial charge in [0.1, 0.15) is 0 Å². The average molecular weight is 467 g/mol. The fourth-order valence-corrected chi connectivity index (χ4v) is 9.50. The quantitative estimate of drug-likeness (QED) is 0.301. The molecule has 0 amide bonds. The van der Waals surface area contributed by atoms with E-state index in [2.05, 4.69) is 40.7 Å². The molecular formula is C27H47O4P. The van der Waals surface area contributed by atoms with Gasteiger partial charge in [0, 0.05) is 0 Å². The molecule has 0 heterocycles. The Bertz CT molecular complexity index is 757. The average Bonchev–Trinajstić information content (AvgIpc) is 3.04. The molecule has 4 aliphatic rings. The van der Waals surface area contributed by atoms with E-state index in [1.807, 2.05) is 0 Å². The Hall–Kier alpha value is -0.150. The highest BCUT2D eigenvalue weighted by Crippen LogP contribution is 2.67.